The van der Waals surface area contributed by atoms with Crippen LogP contribution in [0.15, 0.2) is 30.3 Å². The molecule has 1 aromatic carbocycles. The van der Waals surface area contributed by atoms with Gasteiger partial charge in [0.25, 0.3) is 0 Å². The Kier molecular flexibility index (Phi) is 7.62. The quantitative estimate of drug-likeness (QED) is 0.716. The normalized spacial score (nSPS) is 25.9. The monoisotopic (exact) mass is 307 g/mol. The fourth-order valence-electron chi connectivity index (χ4n) is 3.20. The van der Waals surface area contributed by atoms with Gasteiger partial charge in [-0.3, -0.25) is 0 Å². The van der Waals surface area contributed by atoms with E-state index in [1.165, 1.54) is 31.2 Å². The van der Waals surface area contributed by atoms with Crippen molar-refractivity contribution in [2.24, 2.45) is 0 Å². The van der Waals surface area contributed by atoms with Crippen LogP contribution in [0, 0.1) is 0 Å². The molecule has 1 fully saturated rings. The molecule has 3 heteroatoms. The molecule has 118 valence electrons. The molecule has 1 aromatic rings. The number of hydrogen-bond donors (Lipinski definition) is 2. The molecule has 0 aromatic heterocycles. The van der Waals surface area contributed by atoms with Crippen LogP contribution in [0.25, 0.3) is 0 Å². The van der Waals surface area contributed by atoms with Crippen LogP contribution in [0.5, 0.6) is 0 Å². The fraction of sp³-hybridized carbons (Fsp3) is 0.667. The van der Waals surface area contributed by atoms with Gasteiger partial charge in [-0.2, -0.15) is 11.8 Å². The first-order valence-corrected chi connectivity index (χ1v) is 9.40. The summed E-state index contributed by atoms with van der Waals surface area (Å²) in [5.74, 6) is 1.78. The van der Waals surface area contributed by atoms with Gasteiger partial charge in [0.15, 0.2) is 0 Å². The van der Waals surface area contributed by atoms with Gasteiger partial charge in [-0.25, -0.2) is 0 Å². The molecule has 3 atom stereocenters. The summed E-state index contributed by atoms with van der Waals surface area (Å²) in [6, 6.07) is 11.6. The predicted molar refractivity (Wildman–Crippen MR) is 93.1 cm³/mol. The maximum absolute atomic E-state index is 9.00. The molecular formula is C18H29NOS. The largest absolute Gasteiger partial charge is 0.396 e. The molecule has 3 unspecified atom stereocenters. The van der Waals surface area contributed by atoms with E-state index >= 15 is 0 Å². The SMILES string of the molecule is CCCNC1CCC(c2ccccc2)CC1SCCCO. The average Bonchev–Trinajstić information content (AvgIpc) is 2.54. The lowest BCUT2D eigenvalue weighted by atomic mass is 9.81. The number of benzene rings is 1. The Bertz CT molecular complexity index is 384. The van der Waals surface area contributed by atoms with E-state index < -0.39 is 0 Å². The summed E-state index contributed by atoms with van der Waals surface area (Å²) in [6.45, 7) is 3.67. The molecule has 0 heterocycles. The third kappa shape index (κ3) is 5.32. The van der Waals surface area contributed by atoms with Gasteiger partial charge >= 0.3 is 0 Å². The standard InChI is InChI=1S/C18H29NOS/c1-2-11-19-17-10-9-16(15-7-4-3-5-8-15)14-18(17)21-13-6-12-20/h3-5,7-8,16-20H,2,6,9-14H2,1H3. The lowest BCUT2D eigenvalue weighted by molar-refractivity contribution is 0.296. The third-order valence-corrected chi connectivity index (χ3v) is 5.83. The summed E-state index contributed by atoms with van der Waals surface area (Å²) < 4.78 is 0. The zero-order valence-electron chi connectivity index (χ0n) is 13.1. The molecule has 2 rings (SSSR count). The van der Waals surface area contributed by atoms with Crippen molar-refractivity contribution in [2.45, 2.75) is 56.2 Å². The Morgan fingerprint density at radius 3 is 2.76 bits per heavy atom. The molecular weight excluding hydrogens is 278 g/mol. The van der Waals surface area contributed by atoms with Gasteiger partial charge in [0.1, 0.15) is 0 Å². The molecule has 1 saturated carbocycles. The lowest BCUT2D eigenvalue weighted by Gasteiger charge is -2.37. The van der Waals surface area contributed by atoms with Gasteiger partial charge in [-0.15, -0.1) is 0 Å². The molecule has 0 bridgehead atoms. The van der Waals surface area contributed by atoms with Crippen molar-refractivity contribution in [1.29, 1.82) is 0 Å². The first kappa shape index (κ1) is 16.9. The second kappa shape index (κ2) is 9.50. The van der Waals surface area contributed by atoms with Gasteiger partial charge in [0.05, 0.1) is 0 Å². The van der Waals surface area contributed by atoms with E-state index in [0.29, 0.717) is 23.8 Å². The summed E-state index contributed by atoms with van der Waals surface area (Å²) in [7, 11) is 0. The van der Waals surface area contributed by atoms with E-state index in [1.54, 1.807) is 0 Å². The van der Waals surface area contributed by atoms with E-state index in [9.17, 15) is 0 Å². The topological polar surface area (TPSA) is 32.3 Å². The van der Waals surface area contributed by atoms with Crippen molar-refractivity contribution in [3.05, 3.63) is 35.9 Å². The second-order valence-electron chi connectivity index (χ2n) is 5.97. The maximum Gasteiger partial charge on any atom is 0.0438 e. The molecule has 1 aliphatic carbocycles. The van der Waals surface area contributed by atoms with Crippen LogP contribution in [0.2, 0.25) is 0 Å². The van der Waals surface area contributed by atoms with Crippen molar-refractivity contribution in [3.8, 4) is 0 Å². The number of aliphatic hydroxyl groups excluding tert-OH is 1. The van der Waals surface area contributed by atoms with Crippen LogP contribution in [0.4, 0.5) is 0 Å². The predicted octanol–water partition coefficient (Wildman–Crippen LogP) is 3.81. The molecule has 0 radical (unpaired) electrons. The minimum absolute atomic E-state index is 0.314. The van der Waals surface area contributed by atoms with Gasteiger partial charge in [0, 0.05) is 17.9 Å². The van der Waals surface area contributed by atoms with Gasteiger partial charge in [0.2, 0.25) is 0 Å². The minimum Gasteiger partial charge on any atom is -0.396 e. The highest BCUT2D eigenvalue weighted by molar-refractivity contribution is 7.99. The van der Waals surface area contributed by atoms with Crippen LogP contribution in [0.3, 0.4) is 0 Å². The van der Waals surface area contributed by atoms with E-state index in [-0.39, 0.29) is 0 Å². The van der Waals surface area contributed by atoms with Crippen LogP contribution in [0.1, 0.15) is 50.5 Å². The summed E-state index contributed by atoms with van der Waals surface area (Å²) in [5, 5.41) is 13.4. The molecule has 0 amide bonds. The molecule has 21 heavy (non-hydrogen) atoms. The molecule has 0 spiro atoms. The van der Waals surface area contributed by atoms with Crippen LogP contribution >= 0.6 is 11.8 Å². The zero-order chi connectivity index (χ0) is 14.9. The number of aliphatic hydroxyl groups is 1. The highest BCUT2D eigenvalue weighted by Gasteiger charge is 2.30. The van der Waals surface area contributed by atoms with Crippen molar-refractivity contribution in [3.63, 3.8) is 0 Å². The number of hydrogen-bond acceptors (Lipinski definition) is 3. The van der Waals surface area contributed by atoms with Crippen molar-refractivity contribution in [2.75, 3.05) is 18.9 Å². The highest BCUT2D eigenvalue weighted by atomic mass is 32.2. The summed E-state index contributed by atoms with van der Waals surface area (Å²) in [6.07, 6.45) is 5.95. The maximum atomic E-state index is 9.00. The third-order valence-electron chi connectivity index (χ3n) is 4.35. The minimum atomic E-state index is 0.314. The van der Waals surface area contributed by atoms with E-state index in [2.05, 4.69) is 54.3 Å². The van der Waals surface area contributed by atoms with Gasteiger partial charge < -0.3 is 10.4 Å². The first-order valence-electron chi connectivity index (χ1n) is 8.36. The molecule has 0 saturated heterocycles. The zero-order valence-corrected chi connectivity index (χ0v) is 13.9. The first-order chi connectivity index (χ1) is 10.3. The van der Waals surface area contributed by atoms with E-state index in [4.69, 9.17) is 5.11 Å². The average molecular weight is 308 g/mol. The number of rotatable bonds is 8. The fourth-order valence-corrected chi connectivity index (χ4v) is 4.64. The van der Waals surface area contributed by atoms with E-state index in [0.717, 1.165) is 18.7 Å². The summed E-state index contributed by atoms with van der Waals surface area (Å²) >= 11 is 2.06. The Morgan fingerprint density at radius 2 is 2.05 bits per heavy atom. The van der Waals surface area contributed by atoms with Crippen LogP contribution < -0.4 is 5.32 Å². The second-order valence-corrected chi connectivity index (χ2v) is 7.31. The van der Waals surface area contributed by atoms with E-state index in [1.807, 2.05) is 0 Å². The van der Waals surface area contributed by atoms with Gasteiger partial charge in [-0.1, -0.05) is 37.3 Å². The Labute approximate surface area is 133 Å². The Hall–Kier alpha value is -0.510. The molecule has 1 aliphatic rings. The molecule has 0 aliphatic heterocycles. The molecule has 2 nitrogen and oxygen atoms in total. The number of thioether (sulfide) groups is 1. The van der Waals surface area contributed by atoms with Crippen molar-refractivity contribution >= 4 is 11.8 Å². The smallest absolute Gasteiger partial charge is 0.0438 e. The number of nitrogens with one attached hydrogen (secondary N) is 1. The van der Waals surface area contributed by atoms with Crippen LogP contribution in [-0.2, 0) is 0 Å². The van der Waals surface area contributed by atoms with Crippen molar-refractivity contribution < 1.29 is 5.11 Å². The highest BCUT2D eigenvalue weighted by Crippen LogP contribution is 2.38. The molecule has 2 N–H and O–H groups in total. The summed E-state index contributed by atoms with van der Waals surface area (Å²) in [4.78, 5) is 0. The van der Waals surface area contributed by atoms with Crippen LogP contribution in [-0.4, -0.2) is 35.3 Å². The lowest BCUT2D eigenvalue weighted by Crippen LogP contribution is -2.42. The van der Waals surface area contributed by atoms with Crippen molar-refractivity contribution in [1.82, 2.24) is 5.32 Å². The Balaban J connectivity index is 1.94. The summed E-state index contributed by atoms with van der Waals surface area (Å²) in [5.41, 5.74) is 1.50. The Morgan fingerprint density at radius 1 is 1.24 bits per heavy atom. The van der Waals surface area contributed by atoms with Gasteiger partial charge in [-0.05, 0) is 55.9 Å².